The number of imidazole rings is 1. The zero-order valence-electron chi connectivity index (χ0n) is 11.3. The van der Waals surface area contributed by atoms with Gasteiger partial charge in [-0.25, -0.2) is 19.1 Å². The lowest BCUT2D eigenvalue weighted by Gasteiger charge is -2.06. The topological polar surface area (TPSA) is 153 Å². The van der Waals surface area contributed by atoms with E-state index in [1.807, 2.05) is 0 Å². The minimum absolute atomic E-state index is 0.187. The number of oxime groups is 1. The van der Waals surface area contributed by atoms with Gasteiger partial charge in [-0.05, 0) is 5.16 Å². The van der Waals surface area contributed by atoms with Crippen molar-refractivity contribution in [1.29, 1.82) is 0 Å². The molecule has 11 heteroatoms. The Morgan fingerprint density at radius 2 is 2.05 bits per heavy atom. The molecule has 2 aromatic heterocycles. The predicted octanol–water partition coefficient (Wildman–Crippen LogP) is -2.83. The lowest BCUT2D eigenvalue weighted by molar-refractivity contribution is -0.144. The van der Waals surface area contributed by atoms with Crippen LogP contribution in [-0.2, 0) is 30.3 Å². The van der Waals surface area contributed by atoms with Crippen molar-refractivity contribution in [2.45, 2.75) is 6.54 Å². The lowest BCUT2D eigenvalue weighted by atomic mass is 10.5. The fourth-order valence-corrected chi connectivity index (χ4v) is 1.80. The molecule has 0 radical (unpaired) electrons. The zero-order valence-corrected chi connectivity index (χ0v) is 11.3. The molecule has 2 rings (SSSR count). The van der Waals surface area contributed by atoms with Crippen LogP contribution in [0.15, 0.2) is 21.1 Å². The summed E-state index contributed by atoms with van der Waals surface area (Å²) >= 11 is 0. The van der Waals surface area contributed by atoms with E-state index in [4.69, 9.17) is 11.5 Å². The summed E-state index contributed by atoms with van der Waals surface area (Å²) in [7, 11) is 3.04. The molecule has 0 fully saturated rings. The maximum Gasteiger partial charge on any atom is 0.354 e. The first-order chi connectivity index (χ1) is 9.82. The third-order valence-corrected chi connectivity index (χ3v) is 2.74. The second-order valence-electron chi connectivity index (χ2n) is 4.24. The van der Waals surface area contributed by atoms with E-state index in [0.29, 0.717) is 4.57 Å². The van der Waals surface area contributed by atoms with Crippen LogP contribution in [0.25, 0.3) is 11.2 Å². The summed E-state index contributed by atoms with van der Waals surface area (Å²) in [6.45, 7) is -0.622. The second-order valence-corrected chi connectivity index (χ2v) is 4.24. The maximum absolute atomic E-state index is 12.3. The molecule has 0 saturated heterocycles. The number of hydrogen-bond donors (Lipinski definition) is 2. The molecule has 2 aromatic rings. The van der Waals surface area contributed by atoms with Crippen LogP contribution in [0.2, 0.25) is 0 Å². The number of carbonyl (C=O) groups is 1. The molecule has 4 N–H and O–H groups in total. The number of nitrogens with zero attached hydrogens (tertiary/aromatic N) is 5. The van der Waals surface area contributed by atoms with E-state index in [1.165, 1.54) is 17.9 Å². The molecule has 0 atom stereocenters. The van der Waals surface area contributed by atoms with Gasteiger partial charge >= 0.3 is 11.7 Å². The van der Waals surface area contributed by atoms with Crippen LogP contribution in [0.5, 0.6) is 0 Å². The molecule has 0 amide bonds. The minimum atomic E-state index is -0.955. The smallest absolute Gasteiger partial charge is 0.354 e. The maximum atomic E-state index is 12.3. The van der Waals surface area contributed by atoms with Crippen molar-refractivity contribution in [3.05, 3.63) is 27.2 Å². The largest absolute Gasteiger partial charge is 0.367 e. The van der Waals surface area contributed by atoms with E-state index in [2.05, 4.69) is 15.0 Å². The first kappa shape index (κ1) is 14.3. The van der Waals surface area contributed by atoms with E-state index in [0.717, 1.165) is 4.57 Å². The van der Waals surface area contributed by atoms with Crippen LogP contribution in [0.4, 0.5) is 0 Å². The minimum Gasteiger partial charge on any atom is -0.367 e. The van der Waals surface area contributed by atoms with E-state index < -0.39 is 29.7 Å². The highest BCUT2D eigenvalue weighted by Crippen LogP contribution is 2.02. The molecule has 0 unspecified atom stereocenters. The van der Waals surface area contributed by atoms with Gasteiger partial charge in [0.15, 0.2) is 11.2 Å². The SMILES string of the molecule is Cn1cnc2c1c(=O)n(CC(=O)ON=C(N)N)c(=O)n2C. The second kappa shape index (κ2) is 5.11. The molecular formula is C10H13N7O4. The first-order valence-corrected chi connectivity index (χ1v) is 5.72. The predicted molar refractivity (Wildman–Crippen MR) is 72.1 cm³/mol. The van der Waals surface area contributed by atoms with Crippen LogP contribution >= 0.6 is 0 Å². The van der Waals surface area contributed by atoms with Crippen LogP contribution in [-0.4, -0.2) is 30.6 Å². The molecular weight excluding hydrogens is 282 g/mol. The van der Waals surface area contributed by atoms with Gasteiger partial charge in [-0.1, -0.05) is 0 Å². The monoisotopic (exact) mass is 295 g/mol. The summed E-state index contributed by atoms with van der Waals surface area (Å²) in [4.78, 5) is 44.2. The van der Waals surface area contributed by atoms with Crippen LogP contribution in [0.1, 0.15) is 0 Å². The average Bonchev–Trinajstić information content (AvgIpc) is 2.81. The molecule has 2 heterocycles. The van der Waals surface area contributed by atoms with E-state index >= 15 is 0 Å². The third kappa shape index (κ3) is 2.48. The number of aromatic nitrogens is 4. The summed E-state index contributed by atoms with van der Waals surface area (Å²) < 4.78 is 3.33. The van der Waals surface area contributed by atoms with E-state index in [-0.39, 0.29) is 11.2 Å². The third-order valence-electron chi connectivity index (χ3n) is 2.74. The zero-order chi connectivity index (χ0) is 15.7. The van der Waals surface area contributed by atoms with Gasteiger partial charge in [0.05, 0.1) is 6.33 Å². The Hall–Kier alpha value is -3.11. The van der Waals surface area contributed by atoms with Gasteiger partial charge in [0.2, 0.25) is 5.96 Å². The van der Waals surface area contributed by atoms with Gasteiger partial charge in [0, 0.05) is 14.1 Å². The quantitative estimate of drug-likeness (QED) is 0.268. The van der Waals surface area contributed by atoms with Crippen LogP contribution < -0.4 is 22.7 Å². The number of hydrogen-bond acceptors (Lipinski definition) is 6. The molecule has 21 heavy (non-hydrogen) atoms. The number of nitrogens with two attached hydrogens (primary N) is 2. The fourth-order valence-electron chi connectivity index (χ4n) is 1.80. The standard InChI is InChI=1S/C10H13N7O4/c1-15-4-13-7-6(15)8(19)17(10(20)16(7)2)3-5(18)21-14-9(11)12/h4H,3H2,1-2H3,(H4,11,12,14). The van der Waals surface area contributed by atoms with Crippen molar-refractivity contribution in [3.63, 3.8) is 0 Å². The summed E-state index contributed by atoms with van der Waals surface area (Å²) in [6.07, 6.45) is 1.40. The van der Waals surface area contributed by atoms with Crippen molar-refractivity contribution in [3.8, 4) is 0 Å². The highest BCUT2D eigenvalue weighted by atomic mass is 16.7. The number of rotatable bonds is 3. The number of guanidine groups is 1. The van der Waals surface area contributed by atoms with Gasteiger partial charge < -0.3 is 20.9 Å². The van der Waals surface area contributed by atoms with Crippen molar-refractivity contribution in [2.75, 3.05) is 0 Å². The Morgan fingerprint density at radius 1 is 1.38 bits per heavy atom. The van der Waals surface area contributed by atoms with Crippen LogP contribution in [0.3, 0.4) is 0 Å². The summed E-state index contributed by atoms with van der Waals surface area (Å²) in [6, 6.07) is 0. The molecule has 112 valence electrons. The van der Waals surface area contributed by atoms with Gasteiger partial charge in [-0.2, -0.15) is 0 Å². The summed E-state index contributed by atoms with van der Waals surface area (Å²) in [5, 5.41) is 3.05. The molecule has 0 aliphatic heterocycles. The molecule has 0 spiro atoms. The Kier molecular flexibility index (Phi) is 3.48. The number of aryl methyl sites for hydroxylation is 2. The highest BCUT2D eigenvalue weighted by molar-refractivity contribution is 5.77. The van der Waals surface area contributed by atoms with Gasteiger partial charge in [0.25, 0.3) is 5.56 Å². The Morgan fingerprint density at radius 3 is 2.67 bits per heavy atom. The Bertz CT molecular complexity index is 853. The summed E-state index contributed by atoms with van der Waals surface area (Å²) in [5.74, 6) is -1.41. The molecule has 0 aliphatic carbocycles. The number of fused-ring (bicyclic) bond motifs is 1. The Labute approximate surface area is 117 Å². The molecule has 0 aliphatic rings. The average molecular weight is 295 g/mol. The molecule has 0 aromatic carbocycles. The summed E-state index contributed by atoms with van der Waals surface area (Å²) in [5.41, 5.74) is 9.06. The first-order valence-electron chi connectivity index (χ1n) is 5.72. The molecule has 0 bridgehead atoms. The van der Waals surface area contributed by atoms with Crippen molar-refractivity contribution < 1.29 is 9.63 Å². The van der Waals surface area contributed by atoms with Crippen LogP contribution in [0, 0.1) is 0 Å². The Balaban J connectivity index is 2.52. The number of carbonyl (C=O) groups excluding carboxylic acids is 1. The fraction of sp³-hybridized carbons (Fsp3) is 0.300. The van der Waals surface area contributed by atoms with Gasteiger partial charge in [0.1, 0.15) is 6.54 Å². The normalized spacial score (nSPS) is 10.6. The van der Waals surface area contributed by atoms with E-state index in [1.54, 1.807) is 7.05 Å². The lowest BCUT2D eigenvalue weighted by Crippen LogP contribution is -2.41. The molecule has 11 nitrogen and oxygen atoms in total. The van der Waals surface area contributed by atoms with Crippen molar-refractivity contribution >= 4 is 23.1 Å². The van der Waals surface area contributed by atoms with Gasteiger partial charge in [-0.15, -0.1) is 0 Å². The van der Waals surface area contributed by atoms with Crippen molar-refractivity contribution in [1.82, 2.24) is 18.7 Å². The molecule has 0 saturated carbocycles. The van der Waals surface area contributed by atoms with E-state index in [9.17, 15) is 14.4 Å². The highest BCUT2D eigenvalue weighted by Gasteiger charge is 2.17. The van der Waals surface area contributed by atoms with Gasteiger partial charge in [-0.3, -0.25) is 9.36 Å². The van der Waals surface area contributed by atoms with Crippen molar-refractivity contribution in [2.24, 2.45) is 30.7 Å².